The van der Waals surface area contributed by atoms with Crippen LogP contribution >= 0.6 is 11.6 Å². The largest absolute Gasteiger partial charge is 0.496 e. The molecule has 1 amide bonds. The van der Waals surface area contributed by atoms with Crippen LogP contribution in [0.5, 0.6) is 5.75 Å². The van der Waals surface area contributed by atoms with E-state index in [1.807, 2.05) is 49.4 Å². The van der Waals surface area contributed by atoms with Crippen molar-refractivity contribution in [3.8, 4) is 17.1 Å². The number of rotatable bonds is 5. The van der Waals surface area contributed by atoms with Gasteiger partial charge in [-0.05, 0) is 42.8 Å². The van der Waals surface area contributed by atoms with E-state index >= 15 is 0 Å². The molecule has 0 saturated heterocycles. The number of nitrogens with zero attached hydrogens (tertiary/aromatic N) is 5. The number of anilines is 1. The zero-order valence-corrected chi connectivity index (χ0v) is 19.3. The average molecular weight is 473 g/mol. The standard InChI is InChI=1S/C25H21ClN6O2/c1-15-21(24(33)29-16-8-7-13-27-14-16)22(17-9-3-5-11-19(17)26)32-25(28-15)30-23(31-32)18-10-4-6-12-20(18)34-2/h3-14,21-22H,1-2H3,(H,29,33). The van der Waals surface area contributed by atoms with E-state index in [1.165, 1.54) is 0 Å². The van der Waals surface area contributed by atoms with Crippen LogP contribution in [-0.2, 0) is 4.79 Å². The molecule has 0 aliphatic carbocycles. The molecule has 0 bridgehead atoms. The predicted octanol–water partition coefficient (Wildman–Crippen LogP) is 4.95. The summed E-state index contributed by atoms with van der Waals surface area (Å²) in [6.45, 7) is 1.82. The summed E-state index contributed by atoms with van der Waals surface area (Å²) >= 11 is 6.61. The Labute approximate surface area is 201 Å². The topological polar surface area (TPSA) is 94.3 Å². The molecule has 4 aromatic rings. The molecule has 170 valence electrons. The highest BCUT2D eigenvalue weighted by molar-refractivity contribution is 6.31. The number of carbonyl (C=O) groups excluding carboxylic acids is 1. The molecule has 3 heterocycles. The number of hydrogen-bond acceptors (Lipinski definition) is 6. The number of aromatic nitrogens is 4. The van der Waals surface area contributed by atoms with Crippen LogP contribution in [-0.4, -0.2) is 38.5 Å². The van der Waals surface area contributed by atoms with Crippen molar-refractivity contribution in [3.05, 3.63) is 83.6 Å². The number of amides is 1. The summed E-state index contributed by atoms with van der Waals surface area (Å²) in [4.78, 5) is 26.9. The van der Waals surface area contributed by atoms with Crippen LogP contribution < -0.4 is 10.1 Å². The fourth-order valence-corrected chi connectivity index (χ4v) is 4.38. The van der Waals surface area contributed by atoms with Crippen molar-refractivity contribution in [2.75, 3.05) is 12.4 Å². The van der Waals surface area contributed by atoms with E-state index in [0.29, 0.717) is 33.9 Å². The van der Waals surface area contributed by atoms with Crippen molar-refractivity contribution in [1.29, 1.82) is 0 Å². The van der Waals surface area contributed by atoms with Crippen LogP contribution in [0.2, 0.25) is 5.02 Å². The molecule has 1 aliphatic heterocycles. The number of benzene rings is 2. The maximum absolute atomic E-state index is 13.5. The van der Waals surface area contributed by atoms with Crippen molar-refractivity contribution in [1.82, 2.24) is 19.7 Å². The lowest BCUT2D eigenvalue weighted by Crippen LogP contribution is -2.39. The van der Waals surface area contributed by atoms with Crippen LogP contribution in [0.3, 0.4) is 0 Å². The van der Waals surface area contributed by atoms with E-state index in [2.05, 4.69) is 20.3 Å². The first-order valence-electron chi connectivity index (χ1n) is 10.7. The average Bonchev–Trinajstić information content (AvgIpc) is 3.27. The zero-order chi connectivity index (χ0) is 23.7. The highest BCUT2D eigenvalue weighted by Crippen LogP contribution is 2.40. The lowest BCUT2D eigenvalue weighted by molar-refractivity contribution is -0.118. The van der Waals surface area contributed by atoms with Gasteiger partial charge in [-0.2, -0.15) is 4.98 Å². The third kappa shape index (κ3) is 3.92. The van der Waals surface area contributed by atoms with Crippen LogP contribution in [0.25, 0.3) is 11.4 Å². The molecule has 8 nitrogen and oxygen atoms in total. The number of hydrogen-bond donors (Lipinski definition) is 1. The van der Waals surface area contributed by atoms with Crippen LogP contribution in [0, 0.1) is 5.92 Å². The lowest BCUT2D eigenvalue weighted by Gasteiger charge is -2.30. The Hall–Kier alpha value is -4.04. The van der Waals surface area contributed by atoms with Crippen LogP contribution in [0.15, 0.2) is 78.0 Å². The van der Waals surface area contributed by atoms with Crippen LogP contribution in [0.1, 0.15) is 18.5 Å². The number of methoxy groups -OCH3 is 1. The summed E-state index contributed by atoms with van der Waals surface area (Å²) in [5, 5.41) is 8.24. The van der Waals surface area contributed by atoms with Gasteiger partial charge in [0, 0.05) is 16.9 Å². The van der Waals surface area contributed by atoms with Crippen molar-refractivity contribution in [3.63, 3.8) is 0 Å². The Morgan fingerprint density at radius 2 is 1.88 bits per heavy atom. The highest BCUT2D eigenvalue weighted by atomic mass is 35.5. The van der Waals surface area contributed by atoms with E-state index in [1.54, 1.807) is 42.4 Å². The van der Waals surface area contributed by atoms with Crippen LogP contribution in [0.4, 0.5) is 11.6 Å². The van der Waals surface area contributed by atoms with E-state index in [4.69, 9.17) is 21.4 Å². The fourth-order valence-electron chi connectivity index (χ4n) is 4.13. The number of aliphatic imine (C=N–C) groups is 1. The van der Waals surface area contributed by atoms with E-state index in [-0.39, 0.29) is 5.91 Å². The molecule has 2 aromatic carbocycles. The number of pyridine rings is 1. The number of carbonyl (C=O) groups is 1. The first-order chi connectivity index (χ1) is 16.6. The summed E-state index contributed by atoms with van der Waals surface area (Å²) in [5.74, 6) is 0.591. The van der Waals surface area contributed by atoms with Crippen molar-refractivity contribution >= 4 is 34.9 Å². The molecular formula is C25H21ClN6O2. The summed E-state index contributed by atoms with van der Waals surface area (Å²) < 4.78 is 7.16. The molecule has 34 heavy (non-hydrogen) atoms. The molecular weight excluding hydrogens is 452 g/mol. The maximum Gasteiger partial charge on any atom is 0.248 e. The van der Waals surface area contributed by atoms with Gasteiger partial charge >= 0.3 is 0 Å². The molecule has 2 atom stereocenters. The van der Waals surface area contributed by atoms with Gasteiger partial charge in [0.2, 0.25) is 11.9 Å². The summed E-state index contributed by atoms with van der Waals surface area (Å²) in [6.07, 6.45) is 3.25. The molecule has 0 spiro atoms. The highest BCUT2D eigenvalue weighted by Gasteiger charge is 2.40. The number of ether oxygens (including phenoxy) is 1. The smallest absolute Gasteiger partial charge is 0.248 e. The second kappa shape index (κ2) is 9.07. The van der Waals surface area contributed by atoms with Gasteiger partial charge in [0.05, 0.1) is 30.6 Å². The monoisotopic (exact) mass is 472 g/mol. The Morgan fingerprint density at radius 3 is 2.65 bits per heavy atom. The number of para-hydroxylation sites is 1. The number of fused-ring (bicyclic) bond motifs is 1. The summed E-state index contributed by atoms with van der Waals surface area (Å²) in [5.41, 5.74) is 2.69. The minimum atomic E-state index is -0.667. The van der Waals surface area contributed by atoms with Gasteiger partial charge in [-0.1, -0.05) is 41.9 Å². The van der Waals surface area contributed by atoms with Gasteiger partial charge in [0.1, 0.15) is 11.7 Å². The number of halogens is 1. The van der Waals surface area contributed by atoms with Crippen molar-refractivity contribution < 1.29 is 9.53 Å². The molecule has 0 saturated carbocycles. The molecule has 9 heteroatoms. The van der Waals surface area contributed by atoms with E-state index in [9.17, 15) is 4.79 Å². The summed E-state index contributed by atoms with van der Waals surface area (Å²) in [6, 6.07) is 17.9. The van der Waals surface area contributed by atoms with Gasteiger partial charge in [-0.3, -0.25) is 9.78 Å². The molecule has 1 N–H and O–H groups in total. The molecule has 1 aliphatic rings. The zero-order valence-electron chi connectivity index (χ0n) is 18.5. The first kappa shape index (κ1) is 21.8. The third-order valence-electron chi connectivity index (χ3n) is 5.70. The van der Waals surface area contributed by atoms with E-state index in [0.717, 1.165) is 11.1 Å². The summed E-state index contributed by atoms with van der Waals surface area (Å²) in [7, 11) is 1.60. The molecule has 0 radical (unpaired) electrons. The van der Waals surface area contributed by atoms with Gasteiger partial charge in [-0.15, -0.1) is 5.10 Å². The van der Waals surface area contributed by atoms with Gasteiger partial charge < -0.3 is 10.1 Å². The van der Waals surface area contributed by atoms with Gasteiger partial charge in [0.15, 0.2) is 5.82 Å². The van der Waals surface area contributed by atoms with Gasteiger partial charge in [0.25, 0.3) is 0 Å². The number of nitrogens with one attached hydrogen (secondary N) is 1. The second-order valence-electron chi connectivity index (χ2n) is 7.81. The molecule has 2 unspecified atom stereocenters. The normalized spacial score (nSPS) is 17.0. The van der Waals surface area contributed by atoms with Crippen molar-refractivity contribution in [2.45, 2.75) is 13.0 Å². The molecule has 5 rings (SSSR count). The predicted molar refractivity (Wildman–Crippen MR) is 131 cm³/mol. The first-order valence-corrected chi connectivity index (χ1v) is 11.0. The van der Waals surface area contributed by atoms with E-state index < -0.39 is 12.0 Å². The third-order valence-corrected chi connectivity index (χ3v) is 6.05. The Kier molecular flexibility index (Phi) is 5.81. The van der Waals surface area contributed by atoms with Gasteiger partial charge in [-0.25, -0.2) is 9.67 Å². The minimum Gasteiger partial charge on any atom is -0.496 e. The second-order valence-corrected chi connectivity index (χ2v) is 8.22. The quantitative estimate of drug-likeness (QED) is 0.443. The fraction of sp³-hybridized carbons (Fsp3) is 0.160. The Bertz CT molecular complexity index is 1390. The lowest BCUT2D eigenvalue weighted by atomic mass is 9.87. The minimum absolute atomic E-state index is 0.237. The molecule has 2 aromatic heterocycles. The molecule has 0 fully saturated rings. The SMILES string of the molecule is COc1ccccc1-c1nc2n(n1)C(c1ccccc1Cl)C(C(=O)Nc1cccnc1)C(C)=N2. The van der Waals surface area contributed by atoms with Crippen molar-refractivity contribution in [2.24, 2.45) is 10.9 Å². The maximum atomic E-state index is 13.5. The Balaban J connectivity index is 1.63. The Morgan fingerprint density at radius 1 is 1.09 bits per heavy atom.